The van der Waals surface area contributed by atoms with Gasteiger partial charge in [0.15, 0.2) is 0 Å². The third-order valence-electron chi connectivity index (χ3n) is 5.02. The molecule has 5 nitrogen and oxygen atoms in total. The number of amides is 1. The summed E-state index contributed by atoms with van der Waals surface area (Å²) >= 11 is 0. The van der Waals surface area contributed by atoms with E-state index in [0.29, 0.717) is 5.69 Å². The Bertz CT molecular complexity index is 1100. The number of nitrogens with one attached hydrogen (secondary N) is 1. The van der Waals surface area contributed by atoms with Gasteiger partial charge in [-0.15, -0.1) is 0 Å². The fourth-order valence-corrected chi connectivity index (χ4v) is 4.80. The van der Waals surface area contributed by atoms with E-state index >= 15 is 0 Å². The molecule has 3 aromatic rings. The first-order valence-electron chi connectivity index (χ1n) is 10.3. The van der Waals surface area contributed by atoms with Crippen LogP contribution in [0.4, 0.5) is 5.69 Å². The highest BCUT2D eigenvalue weighted by Crippen LogP contribution is 2.24. The lowest BCUT2D eigenvalue weighted by Crippen LogP contribution is -2.43. The summed E-state index contributed by atoms with van der Waals surface area (Å²) in [6, 6.07) is 25.3. The lowest BCUT2D eigenvalue weighted by Gasteiger charge is -2.25. The third-order valence-corrected chi connectivity index (χ3v) is 6.81. The Morgan fingerprint density at radius 1 is 0.935 bits per heavy atom. The van der Waals surface area contributed by atoms with E-state index in [4.69, 9.17) is 0 Å². The molecule has 1 atom stereocenters. The summed E-state index contributed by atoms with van der Waals surface area (Å²) < 4.78 is 27.8. The molecule has 0 fully saturated rings. The Kier molecular flexibility index (Phi) is 7.47. The summed E-state index contributed by atoms with van der Waals surface area (Å²) in [5.41, 5.74) is 2.59. The van der Waals surface area contributed by atoms with Gasteiger partial charge in [0.05, 0.1) is 10.6 Å². The largest absolute Gasteiger partial charge is 0.352 e. The number of hydrogen-bond acceptors (Lipinski definition) is 3. The molecule has 6 heteroatoms. The van der Waals surface area contributed by atoms with E-state index in [1.807, 2.05) is 38.1 Å². The molecule has 0 aliphatic rings. The van der Waals surface area contributed by atoms with Crippen molar-refractivity contribution in [2.45, 2.75) is 37.6 Å². The zero-order chi connectivity index (χ0) is 22.3. The van der Waals surface area contributed by atoms with Crippen molar-refractivity contribution in [3.8, 4) is 0 Å². The topological polar surface area (TPSA) is 66.5 Å². The Morgan fingerprint density at radius 2 is 1.58 bits per heavy atom. The predicted molar refractivity (Wildman–Crippen MR) is 125 cm³/mol. The number of sulfonamides is 1. The van der Waals surface area contributed by atoms with Gasteiger partial charge in [0.2, 0.25) is 5.91 Å². The van der Waals surface area contributed by atoms with Crippen LogP contribution in [0.15, 0.2) is 89.8 Å². The van der Waals surface area contributed by atoms with Gasteiger partial charge in [-0.25, -0.2) is 8.42 Å². The highest BCUT2D eigenvalue weighted by Gasteiger charge is 2.27. The first-order chi connectivity index (χ1) is 14.9. The molecule has 0 unspecified atom stereocenters. The molecule has 0 spiro atoms. The number of nitrogens with zero attached hydrogens (tertiary/aromatic N) is 1. The quantitative estimate of drug-likeness (QED) is 0.543. The molecule has 0 heterocycles. The Hall–Kier alpha value is -3.12. The van der Waals surface area contributed by atoms with E-state index in [0.717, 1.165) is 18.4 Å². The van der Waals surface area contributed by atoms with Crippen molar-refractivity contribution >= 4 is 21.6 Å². The fraction of sp³-hybridized carbons (Fsp3) is 0.240. The molecule has 3 aromatic carbocycles. The van der Waals surface area contributed by atoms with Crippen LogP contribution >= 0.6 is 0 Å². The van der Waals surface area contributed by atoms with Crippen LogP contribution in [0.3, 0.4) is 0 Å². The minimum atomic E-state index is -3.88. The minimum absolute atomic E-state index is 0.0773. The maximum atomic E-state index is 13.3. The summed E-state index contributed by atoms with van der Waals surface area (Å²) in [5, 5.41) is 2.94. The van der Waals surface area contributed by atoms with Crippen molar-refractivity contribution in [2.24, 2.45) is 0 Å². The first-order valence-corrected chi connectivity index (χ1v) is 11.8. The predicted octanol–water partition coefficient (Wildman–Crippen LogP) is 4.33. The van der Waals surface area contributed by atoms with Gasteiger partial charge in [-0.1, -0.05) is 60.7 Å². The normalized spacial score (nSPS) is 12.2. The van der Waals surface area contributed by atoms with Gasteiger partial charge in [-0.3, -0.25) is 9.10 Å². The van der Waals surface area contributed by atoms with Gasteiger partial charge in [-0.2, -0.15) is 0 Å². The van der Waals surface area contributed by atoms with E-state index in [9.17, 15) is 13.2 Å². The van der Waals surface area contributed by atoms with Crippen LogP contribution in [0.5, 0.6) is 0 Å². The highest BCUT2D eigenvalue weighted by molar-refractivity contribution is 7.92. The van der Waals surface area contributed by atoms with Gasteiger partial charge in [0, 0.05) is 6.04 Å². The molecule has 162 valence electrons. The number of aryl methyl sites for hydroxylation is 2. The molecule has 0 bridgehead atoms. The van der Waals surface area contributed by atoms with Crippen molar-refractivity contribution < 1.29 is 13.2 Å². The van der Waals surface area contributed by atoms with Crippen LogP contribution in [0.1, 0.15) is 24.5 Å². The van der Waals surface area contributed by atoms with Crippen LogP contribution in [-0.2, 0) is 21.2 Å². The number of rotatable bonds is 9. The van der Waals surface area contributed by atoms with Crippen molar-refractivity contribution in [2.75, 3.05) is 10.8 Å². The number of anilines is 1. The van der Waals surface area contributed by atoms with E-state index in [1.54, 1.807) is 48.5 Å². The van der Waals surface area contributed by atoms with Crippen LogP contribution in [-0.4, -0.2) is 26.9 Å². The lowest BCUT2D eigenvalue weighted by atomic mass is 10.1. The van der Waals surface area contributed by atoms with Crippen LogP contribution in [0.2, 0.25) is 0 Å². The van der Waals surface area contributed by atoms with Crippen LogP contribution < -0.4 is 9.62 Å². The summed E-state index contributed by atoms with van der Waals surface area (Å²) in [4.78, 5) is 12.9. The number of hydrogen-bond donors (Lipinski definition) is 1. The smallest absolute Gasteiger partial charge is 0.264 e. The molecule has 0 aromatic heterocycles. The SMILES string of the molecule is Cc1cccc(N(CC(=O)N[C@@H](C)CCc2ccccc2)S(=O)(=O)c2ccccc2)c1. The molecule has 1 N–H and O–H groups in total. The minimum Gasteiger partial charge on any atom is -0.352 e. The monoisotopic (exact) mass is 436 g/mol. The number of benzene rings is 3. The summed E-state index contributed by atoms with van der Waals surface area (Å²) in [7, 11) is -3.88. The molecule has 0 aliphatic carbocycles. The van der Waals surface area contributed by atoms with E-state index in [1.165, 1.54) is 9.87 Å². The summed E-state index contributed by atoms with van der Waals surface area (Å²) in [5.74, 6) is -0.332. The van der Waals surface area contributed by atoms with E-state index in [-0.39, 0.29) is 23.4 Å². The van der Waals surface area contributed by atoms with Crippen molar-refractivity contribution in [3.05, 3.63) is 96.1 Å². The Morgan fingerprint density at radius 3 is 2.23 bits per heavy atom. The number of carbonyl (C=O) groups is 1. The Labute approximate surface area is 184 Å². The van der Waals surface area contributed by atoms with Crippen molar-refractivity contribution in [3.63, 3.8) is 0 Å². The molecular formula is C25H28N2O3S. The molecule has 0 aliphatic heterocycles. The second-order valence-electron chi connectivity index (χ2n) is 7.66. The molecule has 0 saturated carbocycles. The van der Waals surface area contributed by atoms with Crippen LogP contribution in [0, 0.1) is 6.92 Å². The van der Waals surface area contributed by atoms with E-state index < -0.39 is 10.0 Å². The van der Waals surface area contributed by atoms with Gasteiger partial charge in [0.1, 0.15) is 6.54 Å². The maximum Gasteiger partial charge on any atom is 0.264 e. The van der Waals surface area contributed by atoms with Gasteiger partial charge in [0.25, 0.3) is 10.0 Å². The molecule has 3 rings (SSSR count). The fourth-order valence-electron chi connectivity index (χ4n) is 3.37. The standard InChI is InChI=1S/C25H28N2O3S/c1-20-10-9-13-23(18-20)27(31(29,30)24-14-7-4-8-15-24)19-25(28)26-21(2)16-17-22-11-5-3-6-12-22/h3-15,18,21H,16-17,19H2,1-2H3,(H,26,28)/t21-/m0/s1. The van der Waals surface area contributed by atoms with Gasteiger partial charge in [-0.05, 0) is 62.1 Å². The van der Waals surface area contributed by atoms with Crippen LogP contribution in [0.25, 0.3) is 0 Å². The highest BCUT2D eigenvalue weighted by atomic mass is 32.2. The molecular weight excluding hydrogens is 408 g/mol. The maximum absolute atomic E-state index is 13.3. The zero-order valence-corrected chi connectivity index (χ0v) is 18.7. The van der Waals surface area contributed by atoms with Gasteiger partial charge < -0.3 is 5.32 Å². The summed E-state index contributed by atoms with van der Waals surface area (Å²) in [6.45, 7) is 3.54. The second-order valence-corrected chi connectivity index (χ2v) is 9.52. The van der Waals surface area contributed by atoms with Gasteiger partial charge >= 0.3 is 0 Å². The molecule has 0 radical (unpaired) electrons. The molecule has 0 saturated heterocycles. The van der Waals surface area contributed by atoms with Crippen molar-refractivity contribution in [1.29, 1.82) is 0 Å². The third kappa shape index (κ3) is 6.18. The molecule has 31 heavy (non-hydrogen) atoms. The zero-order valence-electron chi connectivity index (χ0n) is 17.9. The van der Waals surface area contributed by atoms with E-state index in [2.05, 4.69) is 17.4 Å². The second kappa shape index (κ2) is 10.3. The lowest BCUT2D eigenvalue weighted by molar-refractivity contribution is -0.120. The Balaban J connectivity index is 1.74. The molecule has 1 amide bonds. The number of carbonyl (C=O) groups excluding carboxylic acids is 1. The van der Waals surface area contributed by atoms with Crippen molar-refractivity contribution in [1.82, 2.24) is 5.32 Å². The average Bonchev–Trinajstić information content (AvgIpc) is 2.77. The summed E-state index contributed by atoms with van der Waals surface area (Å²) in [6.07, 6.45) is 1.61. The average molecular weight is 437 g/mol. The first kappa shape index (κ1) is 22.6.